The van der Waals surface area contributed by atoms with Gasteiger partial charge in [0.1, 0.15) is 5.84 Å². The van der Waals surface area contributed by atoms with Crippen LogP contribution < -0.4 is 5.73 Å². The van der Waals surface area contributed by atoms with Crippen LogP contribution in [0.1, 0.15) is 38.3 Å². The average Bonchev–Trinajstić information content (AvgIpc) is 2.29. The van der Waals surface area contributed by atoms with Crippen LogP contribution in [0.3, 0.4) is 0 Å². The van der Waals surface area contributed by atoms with Gasteiger partial charge in [0.2, 0.25) is 0 Å². The van der Waals surface area contributed by atoms with E-state index < -0.39 is 0 Å². The minimum atomic E-state index is 0.142. The SMILES string of the molecule is CCC(C)(C)N(C)Cc1ccccc1C(=N)N. The molecule has 0 saturated carbocycles. The first kappa shape index (κ1) is 13.7. The number of nitrogens with two attached hydrogens (primary N) is 1. The van der Waals surface area contributed by atoms with Crippen LogP contribution >= 0.6 is 0 Å². The molecule has 0 atom stereocenters. The molecule has 94 valence electrons. The van der Waals surface area contributed by atoms with Gasteiger partial charge in [-0.1, -0.05) is 31.2 Å². The molecular weight excluding hydrogens is 210 g/mol. The summed E-state index contributed by atoms with van der Waals surface area (Å²) in [6.07, 6.45) is 1.09. The first-order valence-corrected chi connectivity index (χ1v) is 6.02. The van der Waals surface area contributed by atoms with Crippen molar-refractivity contribution in [1.29, 1.82) is 5.41 Å². The Labute approximate surface area is 104 Å². The molecule has 1 rings (SSSR count). The largest absolute Gasteiger partial charge is 0.384 e. The number of hydrogen-bond acceptors (Lipinski definition) is 2. The molecule has 3 nitrogen and oxygen atoms in total. The molecule has 17 heavy (non-hydrogen) atoms. The molecule has 1 aromatic carbocycles. The highest BCUT2D eigenvalue weighted by Crippen LogP contribution is 2.20. The molecule has 0 fully saturated rings. The number of nitrogens with zero attached hydrogens (tertiary/aromatic N) is 1. The van der Waals surface area contributed by atoms with Gasteiger partial charge in [0.05, 0.1) is 0 Å². The average molecular weight is 233 g/mol. The summed E-state index contributed by atoms with van der Waals surface area (Å²) in [5.41, 5.74) is 7.71. The Morgan fingerprint density at radius 1 is 1.35 bits per heavy atom. The summed E-state index contributed by atoms with van der Waals surface area (Å²) in [5.74, 6) is 0.142. The Morgan fingerprint density at radius 3 is 2.47 bits per heavy atom. The Hall–Kier alpha value is -1.35. The quantitative estimate of drug-likeness (QED) is 0.606. The molecule has 0 amide bonds. The van der Waals surface area contributed by atoms with Crippen LogP contribution in [0, 0.1) is 5.41 Å². The number of nitrogen functional groups attached to an aromatic ring is 1. The molecule has 3 N–H and O–H groups in total. The van der Waals surface area contributed by atoms with E-state index in [-0.39, 0.29) is 11.4 Å². The van der Waals surface area contributed by atoms with Crippen molar-refractivity contribution in [2.24, 2.45) is 5.73 Å². The van der Waals surface area contributed by atoms with Gasteiger partial charge in [-0.3, -0.25) is 10.3 Å². The van der Waals surface area contributed by atoms with Gasteiger partial charge in [0.25, 0.3) is 0 Å². The molecule has 0 bridgehead atoms. The number of benzene rings is 1. The highest BCUT2D eigenvalue weighted by atomic mass is 15.2. The summed E-state index contributed by atoms with van der Waals surface area (Å²) in [7, 11) is 2.11. The molecule has 0 aliphatic heterocycles. The highest BCUT2D eigenvalue weighted by Gasteiger charge is 2.21. The van der Waals surface area contributed by atoms with E-state index in [2.05, 4.69) is 32.7 Å². The van der Waals surface area contributed by atoms with Crippen molar-refractivity contribution in [2.75, 3.05) is 7.05 Å². The van der Waals surface area contributed by atoms with E-state index in [1.165, 1.54) is 0 Å². The number of rotatable bonds is 5. The first-order chi connectivity index (χ1) is 7.88. The Morgan fingerprint density at radius 2 is 1.94 bits per heavy atom. The fraction of sp³-hybridized carbons (Fsp3) is 0.500. The maximum Gasteiger partial charge on any atom is 0.123 e. The molecule has 0 aromatic heterocycles. The second kappa shape index (κ2) is 5.32. The maximum atomic E-state index is 7.58. The van der Waals surface area contributed by atoms with Crippen LogP contribution in [0.4, 0.5) is 0 Å². The molecule has 0 saturated heterocycles. The summed E-state index contributed by atoms with van der Waals surface area (Å²) in [5, 5.41) is 7.58. The monoisotopic (exact) mass is 233 g/mol. The molecule has 0 unspecified atom stereocenters. The predicted molar refractivity (Wildman–Crippen MR) is 73.3 cm³/mol. The number of amidine groups is 1. The van der Waals surface area contributed by atoms with Gasteiger partial charge in [0, 0.05) is 17.6 Å². The van der Waals surface area contributed by atoms with Crippen LogP contribution in [-0.4, -0.2) is 23.3 Å². The van der Waals surface area contributed by atoms with Crippen molar-refractivity contribution >= 4 is 5.84 Å². The molecule has 0 radical (unpaired) electrons. The van der Waals surface area contributed by atoms with Crippen LogP contribution in [0.2, 0.25) is 0 Å². The Balaban J connectivity index is 2.92. The fourth-order valence-corrected chi connectivity index (χ4v) is 1.66. The van der Waals surface area contributed by atoms with Gasteiger partial charge in [-0.25, -0.2) is 0 Å². The summed E-state index contributed by atoms with van der Waals surface area (Å²) >= 11 is 0. The van der Waals surface area contributed by atoms with Crippen molar-refractivity contribution in [2.45, 2.75) is 39.3 Å². The van der Waals surface area contributed by atoms with Gasteiger partial charge < -0.3 is 5.73 Å². The lowest BCUT2D eigenvalue weighted by atomic mass is 9.98. The van der Waals surface area contributed by atoms with Gasteiger partial charge in [-0.05, 0) is 32.9 Å². The van der Waals surface area contributed by atoms with Crippen LogP contribution in [0.5, 0.6) is 0 Å². The zero-order valence-electron chi connectivity index (χ0n) is 11.2. The molecule has 0 spiro atoms. The highest BCUT2D eigenvalue weighted by molar-refractivity contribution is 5.96. The first-order valence-electron chi connectivity index (χ1n) is 6.02. The van der Waals surface area contributed by atoms with E-state index in [0.717, 1.165) is 24.1 Å². The minimum absolute atomic E-state index is 0.142. The van der Waals surface area contributed by atoms with Crippen molar-refractivity contribution in [3.05, 3.63) is 35.4 Å². The van der Waals surface area contributed by atoms with Crippen LogP contribution in [0.25, 0.3) is 0 Å². The van der Waals surface area contributed by atoms with Crippen LogP contribution in [-0.2, 0) is 6.54 Å². The second-order valence-corrected chi connectivity index (χ2v) is 5.09. The Kier molecular flexibility index (Phi) is 4.29. The van der Waals surface area contributed by atoms with E-state index in [0.29, 0.717) is 0 Å². The standard InChI is InChI=1S/C14H23N3/c1-5-14(2,3)17(4)10-11-8-6-7-9-12(11)13(15)16/h6-9H,5,10H2,1-4H3,(H3,15,16). The molecule has 0 aliphatic rings. The van der Waals surface area contributed by atoms with Crippen molar-refractivity contribution in [3.8, 4) is 0 Å². The zero-order chi connectivity index (χ0) is 13.1. The van der Waals surface area contributed by atoms with Crippen molar-refractivity contribution in [1.82, 2.24) is 4.90 Å². The lowest BCUT2D eigenvalue weighted by Gasteiger charge is -2.35. The smallest absolute Gasteiger partial charge is 0.123 e. The third kappa shape index (κ3) is 3.30. The van der Waals surface area contributed by atoms with Gasteiger partial charge in [-0.2, -0.15) is 0 Å². The second-order valence-electron chi connectivity index (χ2n) is 5.09. The third-order valence-electron chi connectivity index (χ3n) is 3.61. The lowest BCUT2D eigenvalue weighted by molar-refractivity contribution is 0.143. The summed E-state index contributed by atoms with van der Waals surface area (Å²) in [6, 6.07) is 7.86. The zero-order valence-corrected chi connectivity index (χ0v) is 11.2. The van der Waals surface area contributed by atoms with E-state index in [1.807, 2.05) is 24.3 Å². The summed E-state index contributed by atoms with van der Waals surface area (Å²) in [6.45, 7) is 7.46. The maximum absolute atomic E-state index is 7.58. The summed E-state index contributed by atoms with van der Waals surface area (Å²) < 4.78 is 0. The minimum Gasteiger partial charge on any atom is -0.384 e. The topological polar surface area (TPSA) is 53.1 Å². The van der Waals surface area contributed by atoms with Crippen LogP contribution in [0.15, 0.2) is 24.3 Å². The molecular formula is C14H23N3. The number of hydrogen-bond donors (Lipinski definition) is 2. The van der Waals surface area contributed by atoms with E-state index in [4.69, 9.17) is 11.1 Å². The van der Waals surface area contributed by atoms with Gasteiger partial charge >= 0.3 is 0 Å². The molecule has 1 aromatic rings. The van der Waals surface area contributed by atoms with Gasteiger partial charge in [0.15, 0.2) is 0 Å². The van der Waals surface area contributed by atoms with E-state index >= 15 is 0 Å². The molecule has 0 aliphatic carbocycles. The third-order valence-corrected chi connectivity index (χ3v) is 3.61. The lowest BCUT2D eigenvalue weighted by Crippen LogP contribution is -2.40. The molecule has 3 heteroatoms. The predicted octanol–water partition coefficient (Wildman–Crippen LogP) is 2.59. The van der Waals surface area contributed by atoms with Crippen molar-refractivity contribution < 1.29 is 0 Å². The normalized spacial score (nSPS) is 11.8. The fourth-order valence-electron chi connectivity index (χ4n) is 1.66. The summed E-state index contributed by atoms with van der Waals surface area (Å²) in [4.78, 5) is 2.30. The van der Waals surface area contributed by atoms with Crippen molar-refractivity contribution in [3.63, 3.8) is 0 Å². The van der Waals surface area contributed by atoms with E-state index in [9.17, 15) is 0 Å². The van der Waals surface area contributed by atoms with E-state index in [1.54, 1.807) is 0 Å². The Bertz CT molecular complexity index is 396. The number of nitrogens with one attached hydrogen (secondary N) is 1. The molecule has 0 heterocycles. The van der Waals surface area contributed by atoms with Gasteiger partial charge in [-0.15, -0.1) is 0 Å².